The number of H-pyrrole nitrogens is 1. The molecule has 1 aliphatic carbocycles. The Kier molecular flexibility index (Phi) is 3.71. The fourth-order valence-electron chi connectivity index (χ4n) is 3.93. The Morgan fingerprint density at radius 2 is 2.17 bits per heavy atom. The van der Waals surface area contributed by atoms with Gasteiger partial charge in [0.1, 0.15) is 11.2 Å². The van der Waals surface area contributed by atoms with Crippen molar-refractivity contribution < 1.29 is 4.79 Å². The van der Waals surface area contributed by atoms with Gasteiger partial charge in [-0.2, -0.15) is 0 Å². The minimum absolute atomic E-state index is 0.0639. The van der Waals surface area contributed by atoms with Crippen LogP contribution in [0.4, 0.5) is 5.00 Å². The second-order valence-corrected chi connectivity index (χ2v) is 8.77. The number of anilines is 1. The normalized spacial score (nSPS) is 23.2. The van der Waals surface area contributed by atoms with Crippen LogP contribution in [0.1, 0.15) is 66.3 Å². The Bertz CT molecular complexity index is 760. The van der Waals surface area contributed by atoms with E-state index >= 15 is 0 Å². The van der Waals surface area contributed by atoms with E-state index in [0.717, 1.165) is 29.1 Å². The zero-order valence-corrected chi connectivity index (χ0v) is 15.3. The highest BCUT2D eigenvalue weighted by molar-refractivity contribution is 7.16. The van der Waals surface area contributed by atoms with Crippen LogP contribution in [-0.2, 0) is 12.8 Å². The molecule has 0 radical (unpaired) electrons. The van der Waals surface area contributed by atoms with Gasteiger partial charge in [0.2, 0.25) is 0 Å². The molecule has 4 rings (SSSR count). The van der Waals surface area contributed by atoms with Gasteiger partial charge in [-0.15, -0.1) is 11.3 Å². The Balaban J connectivity index is 1.64. The molecule has 1 aliphatic heterocycles. The van der Waals surface area contributed by atoms with Crippen LogP contribution in [0.15, 0.2) is 18.3 Å². The third-order valence-electron chi connectivity index (χ3n) is 5.99. The third kappa shape index (κ3) is 2.46. The van der Waals surface area contributed by atoms with Crippen molar-refractivity contribution >= 4 is 22.2 Å². The number of hydrogen-bond acceptors (Lipinski definition) is 3. The Morgan fingerprint density at radius 3 is 2.88 bits per heavy atom. The maximum absolute atomic E-state index is 12.7. The minimum atomic E-state index is -0.164. The van der Waals surface area contributed by atoms with Gasteiger partial charge in [0.15, 0.2) is 0 Å². The number of amides is 1. The van der Waals surface area contributed by atoms with Crippen molar-refractivity contribution in [3.63, 3.8) is 0 Å². The predicted octanol–water partition coefficient (Wildman–Crippen LogP) is 4.47. The molecule has 2 aliphatic rings. The number of carbonyl (C=O) groups excluding carboxylic acids is 1. The molecule has 1 amide bonds. The van der Waals surface area contributed by atoms with Crippen LogP contribution in [-0.4, -0.2) is 10.9 Å². The molecule has 2 aromatic heterocycles. The van der Waals surface area contributed by atoms with Crippen LogP contribution >= 0.6 is 11.3 Å². The Morgan fingerprint density at radius 1 is 1.33 bits per heavy atom. The van der Waals surface area contributed by atoms with Crippen molar-refractivity contribution in [2.24, 2.45) is 11.3 Å². The molecule has 5 heteroatoms. The van der Waals surface area contributed by atoms with E-state index in [9.17, 15) is 4.79 Å². The number of fused-ring (bicyclic) bond motifs is 3. The molecule has 24 heavy (non-hydrogen) atoms. The number of nitrogens with one attached hydrogen (secondary N) is 3. The van der Waals surface area contributed by atoms with E-state index in [1.807, 2.05) is 18.3 Å². The van der Waals surface area contributed by atoms with E-state index < -0.39 is 0 Å². The van der Waals surface area contributed by atoms with Crippen molar-refractivity contribution in [1.82, 2.24) is 10.3 Å². The fraction of sp³-hybridized carbons (Fsp3) is 0.526. The van der Waals surface area contributed by atoms with Gasteiger partial charge in [-0.25, -0.2) is 0 Å². The number of thiophene rings is 1. The van der Waals surface area contributed by atoms with Crippen LogP contribution in [0.5, 0.6) is 0 Å². The molecular weight excluding hydrogens is 318 g/mol. The van der Waals surface area contributed by atoms with Gasteiger partial charge in [0, 0.05) is 11.1 Å². The molecular formula is C19H25N3OS. The summed E-state index contributed by atoms with van der Waals surface area (Å²) in [5.74, 6) is 0.770. The number of aromatic amines is 1. The van der Waals surface area contributed by atoms with E-state index in [1.54, 1.807) is 11.3 Å². The Hall–Kier alpha value is -1.75. The van der Waals surface area contributed by atoms with E-state index in [2.05, 4.69) is 36.4 Å². The second kappa shape index (κ2) is 5.66. The van der Waals surface area contributed by atoms with Crippen molar-refractivity contribution in [3.05, 3.63) is 40.0 Å². The molecule has 0 bridgehead atoms. The SMILES string of the molecule is CCC(C)(C)[C@@H]1CCc2c(sc3c2C(=O)N[C@H](c2ccc[nH]2)N3)C1. The van der Waals surface area contributed by atoms with E-state index in [-0.39, 0.29) is 12.1 Å². The summed E-state index contributed by atoms with van der Waals surface area (Å²) < 4.78 is 0. The van der Waals surface area contributed by atoms with Gasteiger partial charge in [-0.1, -0.05) is 27.2 Å². The van der Waals surface area contributed by atoms with Gasteiger partial charge in [-0.05, 0) is 48.3 Å². The highest BCUT2D eigenvalue weighted by Crippen LogP contribution is 2.46. The molecule has 128 valence electrons. The quantitative estimate of drug-likeness (QED) is 0.770. The van der Waals surface area contributed by atoms with E-state index in [1.165, 1.54) is 23.3 Å². The molecule has 2 atom stereocenters. The van der Waals surface area contributed by atoms with Gasteiger partial charge in [0.05, 0.1) is 11.3 Å². The zero-order chi connectivity index (χ0) is 16.9. The highest BCUT2D eigenvalue weighted by Gasteiger charge is 2.37. The summed E-state index contributed by atoms with van der Waals surface area (Å²) in [5, 5.41) is 7.64. The van der Waals surface area contributed by atoms with Crippen LogP contribution in [0.2, 0.25) is 0 Å². The van der Waals surface area contributed by atoms with Gasteiger partial charge < -0.3 is 15.6 Å². The molecule has 4 nitrogen and oxygen atoms in total. The minimum Gasteiger partial charge on any atom is -0.362 e. The molecule has 0 unspecified atom stereocenters. The molecule has 0 spiro atoms. The fourth-order valence-corrected chi connectivity index (χ4v) is 5.29. The summed E-state index contributed by atoms with van der Waals surface area (Å²) in [7, 11) is 0. The predicted molar refractivity (Wildman–Crippen MR) is 98.5 cm³/mol. The molecule has 2 aromatic rings. The molecule has 3 heterocycles. The lowest BCUT2D eigenvalue weighted by molar-refractivity contribution is 0.0934. The number of hydrogen-bond donors (Lipinski definition) is 3. The summed E-state index contributed by atoms with van der Waals surface area (Å²) in [6.07, 6.45) is 6.24. The zero-order valence-electron chi connectivity index (χ0n) is 14.5. The summed E-state index contributed by atoms with van der Waals surface area (Å²) in [5.41, 5.74) is 3.54. The average molecular weight is 343 g/mol. The number of aromatic nitrogens is 1. The van der Waals surface area contributed by atoms with Crippen LogP contribution in [0.25, 0.3) is 0 Å². The lowest BCUT2D eigenvalue weighted by Gasteiger charge is -2.36. The number of rotatable bonds is 3. The molecule has 0 saturated heterocycles. The lowest BCUT2D eigenvalue weighted by atomic mass is 9.69. The summed E-state index contributed by atoms with van der Waals surface area (Å²) in [6, 6.07) is 3.95. The smallest absolute Gasteiger partial charge is 0.256 e. The number of carbonyl (C=O) groups is 1. The molecule has 0 aromatic carbocycles. The third-order valence-corrected chi connectivity index (χ3v) is 7.18. The first-order valence-corrected chi connectivity index (χ1v) is 9.66. The molecule has 0 fully saturated rings. The summed E-state index contributed by atoms with van der Waals surface area (Å²) >= 11 is 1.79. The summed E-state index contributed by atoms with van der Waals surface area (Å²) in [4.78, 5) is 17.3. The summed E-state index contributed by atoms with van der Waals surface area (Å²) in [6.45, 7) is 7.04. The maximum atomic E-state index is 12.7. The first kappa shape index (κ1) is 15.8. The van der Waals surface area contributed by atoms with E-state index in [4.69, 9.17) is 0 Å². The first-order chi connectivity index (χ1) is 11.5. The van der Waals surface area contributed by atoms with Crippen LogP contribution in [0.3, 0.4) is 0 Å². The van der Waals surface area contributed by atoms with Gasteiger partial charge >= 0.3 is 0 Å². The largest absolute Gasteiger partial charge is 0.362 e. The van der Waals surface area contributed by atoms with Crippen LogP contribution in [0, 0.1) is 11.3 Å². The topological polar surface area (TPSA) is 56.9 Å². The average Bonchev–Trinajstić information content (AvgIpc) is 3.21. The molecule has 0 saturated carbocycles. The van der Waals surface area contributed by atoms with Crippen molar-refractivity contribution in [2.45, 2.75) is 52.6 Å². The highest BCUT2D eigenvalue weighted by atomic mass is 32.1. The van der Waals surface area contributed by atoms with Crippen molar-refractivity contribution in [1.29, 1.82) is 0 Å². The second-order valence-electron chi connectivity index (χ2n) is 7.67. The van der Waals surface area contributed by atoms with Crippen LogP contribution < -0.4 is 10.6 Å². The van der Waals surface area contributed by atoms with Gasteiger partial charge in [-0.3, -0.25) is 4.79 Å². The monoisotopic (exact) mass is 343 g/mol. The lowest BCUT2D eigenvalue weighted by Crippen LogP contribution is -2.38. The van der Waals surface area contributed by atoms with E-state index in [0.29, 0.717) is 11.3 Å². The molecule has 3 N–H and O–H groups in total. The maximum Gasteiger partial charge on any atom is 0.256 e. The van der Waals surface area contributed by atoms with Crippen molar-refractivity contribution in [3.8, 4) is 0 Å². The van der Waals surface area contributed by atoms with Gasteiger partial charge in [0.25, 0.3) is 5.91 Å². The standard InChI is InChI=1S/C19H25N3OS/c1-4-19(2,3)11-7-8-12-14(10-11)24-18-15(12)17(23)21-16(22-18)13-6-5-9-20-13/h5-6,9,11,16,20,22H,4,7-8,10H2,1-3H3,(H,21,23)/t11-,16+/m1/s1. The Labute approximate surface area is 147 Å². The first-order valence-electron chi connectivity index (χ1n) is 8.85. The van der Waals surface area contributed by atoms with Crippen molar-refractivity contribution in [2.75, 3.05) is 5.32 Å².